The largest absolute Gasteiger partial charge is 0.497 e. The van der Waals surface area contributed by atoms with Crippen LogP contribution in [0.1, 0.15) is 20.7 Å². The van der Waals surface area contributed by atoms with Gasteiger partial charge in [-0.2, -0.15) is 0 Å². The van der Waals surface area contributed by atoms with Crippen LogP contribution in [0.3, 0.4) is 0 Å². The maximum absolute atomic E-state index is 12.5. The average Bonchev–Trinajstić information content (AvgIpc) is 2.89. The molecular formula is C24H23N3O7. The fourth-order valence-electron chi connectivity index (χ4n) is 2.85. The third-order valence-electron chi connectivity index (χ3n) is 4.62. The van der Waals surface area contributed by atoms with E-state index in [4.69, 9.17) is 23.8 Å². The molecule has 1 amide bonds. The van der Waals surface area contributed by atoms with E-state index >= 15 is 0 Å². The van der Waals surface area contributed by atoms with Crippen LogP contribution in [0.2, 0.25) is 0 Å². The minimum atomic E-state index is -0.588. The van der Waals surface area contributed by atoms with Crippen LogP contribution in [-0.4, -0.2) is 40.3 Å². The molecule has 0 unspecified atom stereocenters. The molecule has 0 aliphatic carbocycles. The molecule has 34 heavy (non-hydrogen) atoms. The number of nitrogens with zero attached hydrogens (tertiary/aromatic N) is 2. The van der Waals surface area contributed by atoms with Crippen molar-refractivity contribution in [2.24, 2.45) is 10.2 Å². The van der Waals surface area contributed by atoms with Gasteiger partial charge >= 0.3 is 5.97 Å². The van der Waals surface area contributed by atoms with Crippen molar-refractivity contribution >= 4 is 23.3 Å². The maximum Gasteiger partial charge on any atom is 0.362 e. The lowest BCUT2D eigenvalue weighted by Gasteiger charge is -2.12. The molecule has 0 aromatic heterocycles. The van der Waals surface area contributed by atoms with Crippen LogP contribution in [0.4, 0.5) is 11.4 Å². The molecule has 1 N–H and O–H groups in total. The summed E-state index contributed by atoms with van der Waals surface area (Å²) in [6.07, 6.45) is 0. The van der Waals surface area contributed by atoms with Gasteiger partial charge in [-0.1, -0.05) is 0 Å². The lowest BCUT2D eigenvalue weighted by atomic mass is 10.1. The lowest BCUT2D eigenvalue weighted by molar-refractivity contribution is 0.0596. The van der Waals surface area contributed by atoms with Gasteiger partial charge in [-0.25, -0.2) is 10.3 Å². The first kappa shape index (κ1) is 24.1. The van der Waals surface area contributed by atoms with E-state index in [0.29, 0.717) is 39.9 Å². The van der Waals surface area contributed by atoms with Crippen LogP contribution in [-0.2, 0) is 4.84 Å². The van der Waals surface area contributed by atoms with Crippen molar-refractivity contribution in [2.75, 3.05) is 33.9 Å². The second kappa shape index (κ2) is 11.3. The first-order chi connectivity index (χ1) is 16.5. The third-order valence-corrected chi connectivity index (χ3v) is 4.62. The van der Waals surface area contributed by atoms with Gasteiger partial charge in [-0.3, -0.25) is 4.79 Å². The first-order valence-electron chi connectivity index (χ1n) is 9.96. The van der Waals surface area contributed by atoms with Crippen LogP contribution in [0.25, 0.3) is 0 Å². The zero-order valence-electron chi connectivity index (χ0n) is 19.0. The topological polar surface area (TPSA) is 117 Å². The van der Waals surface area contributed by atoms with Crippen molar-refractivity contribution in [1.82, 2.24) is 0 Å². The summed E-state index contributed by atoms with van der Waals surface area (Å²) in [6, 6.07) is 16.0. The number of anilines is 1. The minimum absolute atomic E-state index is 0.224. The molecule has 3 aromatic carbocycles. The molecule has 0 heterocycles. The molecule has 0 atom stereocenters. The predicted molar refractivity (Wildman–Crippen MR) is 123 cm³/mol. The summed E-state index contributed by atoms with van der Waals surface area (Å²) >= 11 is 0. The van der Waals surface area contributed by atoms with Crippen molar-refractivity contribution in [2.45, 2.75) is 0 Å². The molecule has 176 valence electrons. The highest BCUT2D eigenvalue weighted by Crippen LogP contribution is 2.38. The summed E-state index contributed by atoms with van der Waals surface area (Å²) < 4.78 is 20.8. The highest BCUT2D eigenvalue weighted by molar-refractivity contribution is 5.96. The Kier molecular flexibility index (Phi) is 8.01. The van der Waals surface area contributed by atoms with Gasteiger partial charge in [0, 0.05) is 0 Å². The first-order valence-corrected chi connectivity index (χ1v) is 9.96. The molecule has 3 aromatic rings. The molecule has 0 aliphatic heterocycles. The molecule has 0 saturated heterocycles. The zero-order chi connectivity index (χ0) is 24.5. The Morgan fingerprint density at radius 1 is 0.735 bits per heavy atom. The highest BCUT2D eigenvalue weighted by atomic mass is 16.7. The number of ether oxygens (including phenoxy) is 4. The molecule has 0 bridgehead atoms. The number of methoxy groups -OCH3 is 4. The molecule has 3 rings (SSSR count). The molecular weight excluding hydrogens is 442 g/mol. The number of azo groups is 1. The number of hydrogen-bond donors (Lipinski definition) is 1. The molecule has 0 fully saturated rings. The van der Waals surface area contributed by atoms with Gasteiger partial charge in [-0.15, -0.1) is 10.2 Å². The van der Waals surface area contributed by atoms with Crippen LogP contribution >= 0.6 is 0 Å². The van der Waals surface area contributed by atoms with Gasteiger partial charge in [0.25, 0.3) is 5.91 Å². The van der Waals surface area contributed by atoms with Crippen LogP contribution < -0.4 is 24.4 Å². The van der Waals surface area contributed by atoms with Gasteiger partial charge in [0.2, 0.25) is 5.75 Å². The predicted octanol–water partition coefficient (Wildman–Crippen LogP) is 4.83. The average molecular weight is 465 g/mol. The normalized spacial score (nSPS) is 10.5. The standard InChI is InChI=1S/C24H23N3O7/c1-30-19-11-5-15(6-12-19)24(29)34-27-18-9-7-17(8-10-18)25-26-23(28)16-13-20(31-2)22(33-4)21(14-16)32-3/h5-14,27H,1-4H3. The van der Waals surface area contributed by atoms with Crippen molar-refractivity contribution in [3.63, 3.8) is 0 Å². The van der Waals surface area contributed by atoms with E-state index in [1.54, 1.807) is 55.6 Å². The van der Waals surface area contributed by atoms with E-state index in [9.17, 15) is 9.59 Å². The smallest absolute Gasteiger partial charge is 0.362 e. The molecule has 0 aliphatic rings. The van der Waals surface area contributed by atoms with Crippen LogP contribution in [0, 0.1) is 0 Å². The Balaban J connectivity index is 1.62. The summed E-state index contributed by atoms with van der Waals surface area (Å²) in [7, 11) is 5.93. The molecule has 0 radical (unpaired) electrons. The van der Waals surface area contributed by atoms with E-state index in [-0.39, 0.29) is 5.56 Å². The summed E-state index contributed by atoms with van der Waals surface area (Å²) in [5.74, 6) is 0.532. The van der Waals surface area contributed by atoms with Gasteiger partial charge in [0.05, 0.1) is 50.9 Å². The molecule has 0 saturated carbocycles. The Morgan fingerprint density at radius 2 is 1.35 bits per heavy atom. The highest BCUT2D eigenvalue weighted by Gasteiger charge is 2.17. The number of hydrogen-bond acceptors (Lipinski definition) is 9. The third kappa shape index (κ3) is 5.80. The second-order valence-corrected chi connectivity index (χ2v) is 6.69. The van der Waals surface area contributed by atoms with Crippen LogP contribution in [0.15, 0.2) is 70.9 Å². The van der Waals surface area contributed by atoms with E-state index in [1.807, 2.05) is 0 Å². The number of benzene rings is 3. The minimum Gasteiger partial charge on any atom is -0.497 e. The Bertz CT molecular complexity index is 1150. The van der Waals surface area contributed by atoms with Gasteiger partial charge in [-0.05, 0) is 60.7 Å². The van der Waals surface area contributed by atoms with E-state index in [0.717, 1.165) is 0 Å². The summed E-state index contributed by atoms with van der Waals surface area (Å²) in [4.78, 5) is 29.7. The van der Waals surface area contributed by atoms with Gasteiger partial charge in [0.1, 0.15) is 5.75 Å². The zero-order valence-corrected chi connectivity index (χ0v) is 19.0. The van der Waals surface area contributed by atoms with E-state index in [1.165, 1.54) is 33.5 Å². The lowest BCUT2D eigenvalue weighted by Crippen LogP contribution is -2.10. The van der Waals surface area contributed by atoms with Crippen molar-refractivity contribution in [3.8, 4) is 23.0 Å². The summed E-state index contributed by atoms with van der Waals surface area (Å²) in [6.45, 7) is 0. The quantitative estimate of drug-likeness (QED) is 0.353. The SMILES string of the molecule is COc1ccc(C(=O)ONc2ccc(N=NC(=O)c3cc(OC)c(OC)c(OC)c3)cc2)cc1. The number of carbonyl (C=O) groups excluding carboxylic acids is 2. The summed E-state index contributed by atoms with van der Waals surface area (Å²) in [5, 5.41) is 7.70. The maximum atomic E-state index is 12.5. The molecule has 10 heteroatoms. The Morgan fingerprint density at radius 3 is 1.88 bits per heavy atom. The van der Waals surface area contributed by atoms with Gasteiger partial charge < -0.3 is 23.8 Å². The fourth-order valence-corrected chi connectivity index (χ4v) is 2.85. The second-order valence-electron chi connectivity index (χ2n) is 6.69. The van der Waals surface area contributed by atoms with E-state index in [2.05, 4.69) is 15.7 Å². The Labute approximate surface area is 196 Å². The monoisotopic (exact) mass is 465 g/mol. The summed E-state index contributed by atoms with van der Waals surface area (Å²) in [5.41, 5.74) is 4.09. The van der Waals surface area contributed by atoms with Gasteiger partial charge in [0.15, 0.2) is 11.5 Å². The van der Waals surface area contributed by atoms with E-state index < -0.39 is 11.9 Å². The number of carbonyl (C=O) groups is 2. The molecule has 0 spiro atoms. The van der Waals surface area contributed by atoms with Crippen molar-refractivity contribution in [3.05, 3.63) is 71.8 Å². The molecule has 10 nitrogen and oxygen atoms in total. The number of nitrogens with one attached hydrogen (secondary N) is 1. The number of rotatable bonds is 9. The fraction of sp³-hybridized carbons (Fsp3) is 0.167. The van der Waals surface area contributed by atoms with Crippen molar-refractivity contribution < 1.29 is 33.4 Å². The number of amides is 1. The van der Waals surface area contributed by atoms with Crippen molar-refractivity contribution in [1.29, 1.82) is 0 Å². The Hall–Kier alpha value is -4.60. The van der Waals surface area contributed by atoms with Crippen LogP contribution in [0.5, 0.6) is 23.0 Å².